The topological polar surface area (TPSA) is 36.9 Å². The summed E-state index contributed by atoms with van der Waals surface area (Å²) >= 11 is 0. The standard InChI is InChI=1S/C20H31N3O.HI/c1-21-19(23-15-13-20(16-23)11-3-4-12-20)22-14-5-6-17-7-9-18(24-2)10-8-17;/h7-10H,3-6,11-16H2,1-2H3,(H,21,22);1H. The number of guanidine groups is 1. The molecule has 1 heterocycles. The van der Waals surface area contributed by atoms with E-state index in [1.165, 1.54) is 44.2 Å². The van der Waals surface area contributed by atoms with Crippen molar-refractivity contribution >= 4 is 29.9 Å². The van der Waals surface area contributed by atoms with E-state index in [1.54, 1.807) is 7.11 Å². The Morgan fingerprint density at radius 2 is 1.92 bits per heavy atom. The van der Waals surface area contributed by atoms with Gasteiger partial charge in [-0.05, 0) is 55.2 Å². The molecule has 0 atom stereocenters. The number of likely N-dealkylation sites (tertiary alicyclic amines) is 1. The van der Waals surface area contributed by atoms with Crippen LogP contribution in [0.15, 0.2) is 29.3 Å². The van der Waals surface area contributed by atoms with Crippen molar-refractivity contribution in [3.63, 3.8) is 0 Å². The van der Waals surface area contributed by atoms with Crippen molar-refractivity contribution in [2.45, 2.75) is 44.9 Å². The Labute approximate surface area is 169 Å². The van der Waals surface area contributed by atoms with Gasteiger partial charge in [0, 0.05) is 26.7 Å². The highest BCUT2D eigenvalue weighted by molar-refractivity contribution is 14.0. The average molecular weight is 457 g/mol. The van der Waals surface area contributed by atoms with Gasteiger partial charge in [0.1, 0.15) is 5.75 Å². The van der Waals surface area contributed by atoms with E-state index in [2.05, 4.69) is 27.3 Å². The minimum Gasteiger partial charge on any atom is -0.497 e. The van der Waals surface area contributed by atoms with Gasteiger partial charge in [-0.1, -0.05) is 25.0 Å². The van der Waals surface area contributed by atoms with Crippen LogP contribution in [0.2, 0.25) is 0 Å². The lowest BCUT2D eigenvalue weighted by Crippen LogP contribution is -2.41. The van der Waals surface area contributed by atoms with Crippen LogP contribution in [-0.4, -0.2) is 44.7 Å². The monoisotopic (exact) mass is 457 g/mol. The van der Waals surface area contributed by atoms with Crippen LogP contribution in [0.1, 0.15) is 44.1 Å². The number of aliphatic imine (C=N–C) groups is 1. The lowest BCUT2D eigenvalue weighted by molar-refractivity contribution is 0.309. The van der Waals surface area contributed by atoms with Gasteiger partial charge in [0.05, 0.1) is 7.11 Å². The highest BCUT2D eigenvalue weighted by Gasteiger charge is 2.40. The fourth-order valence-electron chi connectivity index (χ4n) is 4.27. The van der Waals surface area contributed by atoms with Crippen LogP contribution in [0.25, 0.3) is 0 Å². The van der Waals surface area contributed by atoms with Crippen molar-refractivity contribution in [3.05, 3.63) is 29.8 Å². The molecule has 1 aliphatic heterocycles. The number of ether oxygens (including phenoxy) is 1. The van der Waals surface area contributed by atoms with E-state index in [1.807, 2.05) is 19.2 Å². The van der Waals surface area contributed by atoms with Crippen molar-refractivity contribution in [2.75, 3.05) is 33.8 Å². The molecule has 1 spiro atoms. The molecule has 1 saturated heterocycles. The lowest BCUT2D eigenvalue weighted by Gasteiger charge is -2.25. The second kappa shape index (κ2) is 9.64. The Morgan fingerprint density at radius 3 is 2.56 bits per heavy atom. The Bertz CT molecular complexity index is 553. The first-order chi connectivity index (χ1) is 11.7. The third kappa shape index (κ3) is 5.25. The van der Waals surface area contributed by atoms with E-state index >= 15 is 0 Å². The maximum atomic E-state index is 5.20. The SMILES string of the molecule is CN=C(NCCCc1ccc(OC)cc1)N1CCC2(CCCC2)C1.I. The molecule has 0 aromatic heterocycles. The van der Waals surface area contributed by atoms with Crippen molar-refractivity contribution in [2.24, 2.45) is 10.4 Å². The second-order valence-electron chi connectivity index (χ2n) is 7.30. The molecule has 1 aromatic carbocycles. The van der Waals surface area contributed by atoms with Gasteiger partial charge in [0.15, 0.2) is 5.96 Å². The number of nitrogens with one attached hydrogen (secondary N) is 1. The minimum absolute atomic E-state index is 0. The van der Waals surface area contributed by atoms with Crippen LogP contribution in [-0.2, 0) is 6.42 Å². The molecular formula is C20H32IN3O. The number of nitrogens with zero attached hydrogens (tertiary/aromatic N) is 2. The summed E-state index contributed by atoms with van der Waals surface area (Å²) < 4.78 is 5.20. The molecule has 0 unspecified atom stereocenters. The first-order valence-electron chi connectivity index (χ1n) is 9.33. The van der Waals surface area contributed by atoms with Gasteiger partial charge in [-0.3, -0.25) is 4.99 Å². The number of aryl methyl sites for hydroxylation is 1. The number of hydrogen-bond donors (Lipinski definition) is 1. The summed E-state index contributed by atoms with van der Waals surface area (Å²) in [6.07, 6.45) is 9.21. The Kier molecular flexibility index (Phi) is 7.84. The quantitative estimate of drug-likeness (QED) is 0.313. The molecule has 1 saturated carbocycles. The van der Waals surface area contributed by atoms with E-state index in [9.17, 15) is 0 Å². The van der Waals surface area contributed by atoms with Crippen LogP contribution >= 0.6 is 24.0 Å². The maximum Gasteiger partial charge on any atom is 0.193 e. The number of hydrogen-bond acceptors (Lipinski definition) is 2. The molecule has 1 aliphatic carbocycles. The summed E-state index contributed by atoms with van der Waals surface area (Å²) in [6, 6.07) is 8.37. The first-order valence-corrected chi connectivity index (χ1v) is 9.33. The Morgan fingerprint density at radius 1 is 1.20 bits per heavy atom. The average Bonchev–Trinajstić information content (AvgIpc) is 3.26. The molecule has 3 rings (SSSR count). The molecule has 25 heavy (non-hydrogen) atoms. The van der Waals surface area contributed by atoms with E-state index in [4.69, 9.17) is 4.74 Å². The van der Waals surface area contributed by atoms with Crippen LogP contribution < -0.4 is 10.1 Å². The molecule has 140 valence electrons. The summed E-state index contributed by atoms with van der Waals surface area (Å²) in [5, 5.41) is 3.56. The molecule has 0 amide bonds. The summed E-state index contributed by atoms with van der Waals surface area (Å²) in [5.41, 5.74) is 1.96. The number of rotatable bonds is 5. The van der Waals surface area contributed by atoms with Gasteiger partial charge in [-0.15, -0.1) is 24.0 Å². The van der Waals surface area contributed by atoms with Crippen LogP contribution in [0.3, 0.4) is 0 Å². The molecule has 5 heteroatoms. The molecule has 2 aliphatic rings. The van der Waals surface area contributed by atoms with Crippen LogP contribution in [0.5, 0.6) is 5.75 Å². The summed E-state index contributed by atoms with van der Waals surface area (Å²) in [4.78, 5) is 6.98. The predicted octanol–water partition coefficient (Wildman–Crippen LogP) is 4.09. The fraction of sp³-hybridized carbons (Fsp3) is 0.650. The Hall–Kier alpha value is -0.980. The van der Waals surface area contributed by atoms with Gasteiger partial charge >= 0.3 is 0 Å². The zero-order valence-electron chi connectivity index (χ0n) is 15.6. The molecule has 1 N–H and O–H groups in total. The summed E-state index contributed by atoms with van der Waals surface area (Å²) in [5.74, 6) is 2.01. The number of benzene rings is 1. The normalized spacial score (nSPS) is 19.1. The zero-order chi connectivity index (χ0) is 16.8. The van der Waals surface area contributed by atoms with Crippen molar-refractivity contribution < 1.29 is 4.74 Å². The van der Waals surface area contributed by atoms with Crippen LogP contribution in [0.4, 0.5) is 0 Å². The molecule has 0 bridgehead atoms. The molecule has 0 radical (unpaired) electrons. The van der Waals surface area contributed by atoms with E-state index < -0.39 is 0 Å². The third-order valence-corrected chi connectivity index (χ3v) is 5.70. The summed E-state index contributed by atoms with van der Waals surface area (Å²) in [7, 11) is 3.62. The molecule has 2 fully saturated rings. The second-order valence-corrected chi connectivity index (χ2v) is 7.30. The van der Waals surface area contributed by atoms with Gasteiger partial charge in [0.2, 0.25) is 0 Å². The highest BCUT2D eigenvalue weighted by atomic mass is 127. The van der Waals surface area contributed by atoms with Crippen molar-refractivity contribution in [1.29, 1.82) is 0 Å². The molecule has 4 nitrogen and oxygen atoms in total. The minimum atomic E-state index is 0. The van der Waals surface area contributed by atoms with Gasteiger partial charge in [0.25, 0.3) is 0 Å². The largest absolute Gasteiger partial charge is 0.497 e. The number of methoxy groups -OCH3 is 1. The van der Waals surface area contributed by atoms with Crippen molar-refractivity contribution in [1.82, 2.24) is 10.2 Å². The van der Waals surface area contributed by atoms with Crippen molar-refractivity contribution in [3.8, 4) is 5.75 Å². The lowest BCUT2D eigenvalue weighted by atomic mass is 9.86. The highest BCUT2D eigenvalue weighted by Crippen LogP contribution is 2.45. The van der Waals surface area contributed by atoms with Gasteiger partial charge in [-0.2, -0.15) is 0 Å². The fourth-order valence-corrected chi connectivity index (χ4v) is 4.27. The summed E-state index contributed by atoms with van der Waals surface area (Å²) in [6.45, 7) is 3.34. The predicted molar refractivity (Wildman–Crippen MR) is 115 cm³/mol. The van der Waals surface area contributed by atoms with E-state index in [0.29, 0.717) is 5.41 Å². The molecule has 1 aromatic rings. The maximum absolute atomic E-state index is 5.20. The third-order valence-electron chi connectivity index (χ3n) is 5.70. The van der Waals surface area contributed by atoms with Crippen LogP contribution in [0, 0.1) is 5.41 Å². The van der Waals surface area contributed by atoms with Gasteiger partial charge < -0.3 is 15.0 Å². The number of halogens is 1. The smallest absolute Gasteiger partial charge is 0.193 e. The van der Waals surface area contributed by atoms with E-state index in [-0.39, 0.29) is 24.0 Å². The first kappa shape index (κ1) is 20.3. The Balaban J connectivity index is 0.00000225. The van der Waals surface area contributed by atoms with E-state index in [0.717, 1.165) is 37.6 Å². The molecular weight excluding hydrogens is 425 g/mol. The van der Waals surface area contributed by atoms with Gasteiger partial charge in [-0.25, -0.2) is 0 Å². The zero-order valence-corrected chi connectivity index (χ0v) is 17.9.